The smallest absolute Gasteiger partial charge is 0.407 e. The van der Waals surface area contributed by atoms with Crippen molar-refractivity contribution in [2.24, 2.45) is 0 Å². The van der Waals surface area contributed by atoms with Crippen molar-refractivity contribution in [2.45, 2.75) is 13.0 Å². The molecule has 1 N–H and O–H groups in total. The SMILES string of the molecule is O=C(NCCC#Cc1c(F)cccc1Br)OCc1ccccc1. The lowest BCUT2D eigenvalue weighted by Gasteiger charge is -2.05. The third kappa shape index (κ3) is 5.76. The first-order valence-corrected chi connectivity index (χ1v) is 7.83. The molecule has 3 nitrogen and oxygen atoms in total. The van der Waals surface area contributed by atoms with E-state index < -0.39 is 6.09 Å². The third-order valence-corrected chi connectivity index (χ3v) is 3.57. The van der Waals surface area contributed by atoms with Crippen molar-refractivity contribution in [3.05, 3.63) is 69.9 Å². The number of amides is 1. The number of halogens is 2. The average Bonchev–Trinajstić information content (AvgIpc) is 2.56. The highest BCUT2D eigenvalue weighted by Gasteiger charge is 2.03. The second kappa shape index (κ2) is 8.96. The minimum Gasteiger partial charge on any atom is -0.445 e. The highest BCUT2D eigenvalue weighted by Crippen LogP contribution is 2.18. The first kappa shape index (κ1) is 17.0. The van der Waals surface area contributed by atoms with E-state index in [0.29, 0.717) is 23.0 Å². The Kier molecular flexibility index (Phi) is 6.64. The molecular weight excluding hydrogens is 361 g/mol. The maximum Gasteiger partial charge on any atom is 0.407 e. The molecule has 0 atom stereocenters. The Morgan fingerprint density at radius 1 is 1.17 bits per heavy atom. The predicted molar refractivity (Wildman–Crippen MR) is 90.2 cm³/mol. The van der Waals surface area contributed by atoms with Crippen molar-refractivity contribution in [1.82, 2.24) is 5.32 Å². The van der Waals surface area contributed by atoms with E-state index in [0.717, 1.165) is 5.56 Å². The summed E-state index contributed by atoms with van der Waals surface area (Å²) in [5.74, 6) is 5.20. The van der Waals surface area contributed by atoms with Crippen LogP contribution in [0, 0.1) is 17.7 Å². The van der Waals surface area contributed by atoms with Gasteiger partial charge < -0.3 is 10.1 Å². The van der Waals surface area contributed by atoms with Crippen LogP contribution in [0.3, 0.4) is 0 Å². The molecule has 0 saturated carbocycles. The summed E-state index contributed by atoms with van der Waals surface area (Å²) in [6.45, 7) is 0.563. The lowest BCUT2D eigenvalue weighted by atomic mass is 10.2. The number of carbonyl (C=O) groups excluding carboxylic acids is 1. The summed E-state index contributed by atoms with van der Waals surface area (Å²) < 4.78 is 19.2. The second-order valence-corrected chi connectivity index (χ2v) is 5.49. The molecule has 0 radical (unpaired) electrons. The summed E-state index contributed by atoms with van der Waals surface area (Å²) in [7, 11) is 0. The van der Waals surface area contributed by atoms with Crippen LogP contribution in [-0.2, 0) is 11.3 Å². The Hall–Kier alpha value is -2.32. The fraction of sp³-hybridized carbons (Fsp3) is 0.167. The lowest BCUT2D eigenvalue weighted by molar-refractivity contribution is 0.140. The minimum atomic E-state index is -0.497. The molecule has 0 aliphatic rings. The van der Waals surface area contributed by atoms with Crippen LogP contribution in [0.1, 0.15) is 17.5 Å². The van der Waals surface area contributed by atoms with Gasteiger partial charge in [-0.25, -0.2) is 9.18 Å². The average molecular weight is 376 g/mol. The van der Waals surface area contributed by atoms with Gasteiger partial charge in [0.25, 0.3) is 0 Å². The standard InChI is InChI=1S/C18H15BrFNO2/c19-16-10-6-11-17(20)15(16)9-4-5-12-21-18(22)23-13-14-7-2-1-3-8-14/h1-3,6-8,10-11H,5,12-13H2,(H,21,22). The zero-order valence-corrected chi connectivity index (χ0v) is 13.9. The van der Waals surface area contributed by atoms with E-state index in [1.165, 1.54) is 6.07 Å². The molecule has 0 heterocycles. The Morgan fingerprint density at radius 3 is 2.70 bits per heavy atom. The fourth-order valence-electron chi connectivity index (χ4n) is 1.77. The summed E-state index contributed by atoms with van der Waals surface area (Å²) in [5, 5.41) is 2.60. The Morgan fingerprint density at radius 2 is 1.96 bits per heavy atom. The summed E-state index contributed by atoms with van der Waals surface area (Å²) in [6.07, 6.45) is -0.0935. The lowest BCUT2D eigenvalue weighted by Crippen LogP contribution is -2.24. The first-order valence-electron chi connectivity index (χ1n) is 7.04. The van der Waals surface area contributed by atoms with Crippen LogP contribution >= 0.6 is 15.9 Å². The van der Waals surface area contributed by atoms with Crippen molar-refractivity contribution < 1.29 is 13.9 Å². The predicted octanol–water partition coefficient (Wildman–Crippen LogP) is 4.26. The van der Waals surface area contributed by atoms with Crippen LogP contribution in [0.15, 0.2) is 53.0 Å². The van der Waals surface area contributed by atoms with Crippen LogP contribution in [0.2, 0.25) is 0 Å². The molecule has 2 aromatic carbocycles. The summed E-state index contributed by atoms with van der Waals surface area (Å²) >= 11 is 3.25. The molecule has 5 heteroatoms. The van der Waals surface area contributed by atoms with Crippen molar-refractivity contribution in [2.75, 3.05) is 6.54 Å². The van der Waals surface area contributed by atoms with Crippen LogP contribution in [0.4, 0.5) is 9.18 Å². The quantitative estimate of drug-likeness (QED) is 0.640. The summed E-state index contributed by atoms with van der Waals surface area (Å²) in [6, 6.07) is 14.1. The highest BCUT2D eigenvalue weighted by molar-refractivity contribution is 9.10. The molecule has 1 amide bonds. The van der Waals surface area contributed by atoms with Crippen LogP contribution < -0.4 is 5.32 Å². The van der Waals surface area contributed by atoms with E-state index in [-0.39, 0.29) is 12.4 Å². The van der Waals surface area contributed by atoms with Gasteiger partial charge in [-0.2, -0.15) is 0 Å². The monoisotopic (exact) mass is 375 g/mol. The number of benzene rings is 2. The molecule has 0 aliphatic heterocycles. The van der Waals surface area contributed by atoms with Crippen molar-refractivity contribution in [1.29, 1.82) is 0 Å². The molecule has 0 aliphatic carbocycles. The Labute approximate surface area is 143 Å². The van der Waals surface area contributed by atoms with Gasteiger partial charge in [-0.15, -0.1) is 0 Å². The maximum absolute atomic E-state index is 13.5. The van der Waals surface area contributed by atoms with E-state index in [9.17, 15) is 9.18 Å². The normalized spacial score (nSPS) is 9.65. The molecule has 118 valence electrons. The van der Waals surface area contributed by atoms with E-state index in [4.69, 9.17) is 4.74 Å². The van der Waals surface area contributed by atoms with Crippen molar-refractivity contribution in [3.8, 4) is 11.8 Å². The highest BCUT2D eigenvalue weighted by atomic mass is 79.9. The number of nitrogens with one attached hydrogen (secondary N) is 1. The number of hydrogen-bond donors (Lipinski definition) is 1. The Balaban J connectivity index is 1.71. The van der Waals surface area contributed by atoms with Crippen LogP contribution in [-0.4, -0.2) is 12.6 Å². The van der Waals surface area contributed by atoms with Gasteiger partial charge in [-0.1, -0.05) is 48.2 Å². The largest absolute Gasteiger partial charge is 0.445 e. The van der Waals surface area contributed by atoms with Crippen LogP contribution in [0.25, 0.3) is 0 Å². The maximum atomic E-state index is 13.5. The molecule has 0 unspecified atom stereocenters. The molecule has 0 spiro atoms. The number of carbonyl (C=O) groups is 1. The van der Waals surface area contributed by atoms with Gasteiger partial charge in [0, 0.05) is 17.4 Å². The third-order valence-electron chi connectivity index (χ3n) is 2.91. The Bertz CT molecular complexity index is 703. The van der Waals surface area contributed by atoms with Crippen molar-refractivity contribution in [3.63, 3.8) is 0 Å². The van der Waals surface area contributed by atoms with E-state index >= 15 is 0 Å². The van der Waals surface area contributed by atoms with Crippen molar-refractivity contribution >= 4 is 22.0 Å². The topological polar surface area (TPSA) is 38.3 Å². The van der Waals surface area contributed by atoms with E-state index in [1.807, 2.05) is 30.3 Å². The van der Waals surface area contributed by atoms with E-state index in [2.05, 4.69) is 33.1 Å². The number of rotatable bonds is 4. The number of hydrogen-bond acceptors (Lipinski definition) is 2. The summed E-state index contributed by atoms with van der Waals surface area (Å²) in [5.41, 5.74) is 1.24. The molecule has 0 saturated heterocycles. The summed E-state index contributed by atoms with van der Waals surface area (Å²) in [4.78, 5) is 11.5. The molecule has 0 fully saturated rings. The van der Waals surface area contributed by atoms with Gasteiger partial charge in [-0.3, -0.25) is 0 Å². The number of alkyl carbamates (subject to hydrolysis) is 1. The number of ether oxygens (including phenoxy) is 1. The van der Waals surface area contributed by atoms with Gasteiger partial charge >= 0.3 is 6.09 Å². The molecule has 0 bridgehead atoms. The zero-order valence-electron chi connectivity index (χ0n) is 12.3. The van der Waals surface area contributed by atoms with Gasteiger partial charge in [0.15, 0.2) is 0 Å². The zero-order chi connectivity index (χ0) is 16.5. The van der Waals surface area contributed by atoms with E-state index in [1.54, 1.807) is 12.1 Å². The van der Waals surface area contributed by atoms with Gasteiger partial charge in [0.1, 0.15) is 12.4 Å². The molecule has 2 rings (SSSR count). The molecule has 0 aromatic heterocycles. The molecule has 23 heavy (non-hydrogen) atoms. The van der Waals surface area contributed by atoms with Gasteiger partial charge in [0.05, 0.1) is 5.56 Å². The fourth-order valence-corrected chi connectivity index (χ4v) is 2.21. The van der Waals surface area contributed by atoms with Gasteiger partial charge in [-0.05, 0) is 33.6 Å². The molecular formula is C18H15BrFNO2. The first-order chi connectivity index (χ1) is 11.2. The second-order valence-electron chi connectivity index (χ2n) is 4.64. The molecule has 2 aromatic rings. The van der Waals surface area contributed by atoms with Gasteiger partial charge in [0.2, 0.25) is 0 Å². The minimum absolute atomic E-state index is 0.223. The van der Waals surface area contributed by atoms with Crippen LogP contribution in [0.5, 0.6) is 0 Å².